The average Bonchev–Trinajstić information content (AvgIpc) is 2.67. The molecular formula is C20H20BrN3O4. The van der Waals surface area contributed by atoms with E-state index in [-0.39, 0.29) is 11.9 Å². The molecule has 0 saturated carbocycles. The fourth-order valence-corrected chi connectivity index (χ4v) is 3.44. The number of carbonyl (C=O) groups is 2. The lowest BCUT2D eigenvalue weighted by Gasteiger charge is -2.29. The molecule has 2 aromatic rings. The molecule has 0 spiro atoms. The Balaban J connectivity index is 1.96. The molecule has 3 amide bonds. The maximum absolute atomic E-state index is 13.1. The number of rotatable bonds is 5. The number of urea groups is 1. The van der Waals surface area contributed by atoms with Crippen molar-refractivity contribution in [2.45, 2.75) is 13.0 Å². The van der Waals surface area contributed by atoms with Crippen LogP contribution in [0.25, 0.3) is 0 Å². The van der Waals surface area contributed by atoms with Crippen molar-refractivity contribution in [1.29, 1.82) is 0 Å². The van der Waals surface area contributed by atoms with Gasteiger partial charge >= 0.3 is 6.03 Å². The molecule has 0 saturated heterocycles. The lowest BCUT2D eigenvalue weighted by molar-refractivity contribution is -0.113. The van der Waals surface area contributed by atoms with Crippen molar-refractivity contribution in [3.63, 3.8) is 0 Å². The molecule has 3 N–H and O–H groups in total. The van der Waals surface area contributed by atoms with Gasteiger partial charge in [0.1, 0.15) is 11.5 Å². The Morgan fingerprint density at radius 1 is 1.14 bits per heavy atom. The Hall–Kier alpha value is -3.00. The molecule has 8 heteroatoms. The summed E-state index contributed by atoms with van der Waals surface area (Å²) in [6.07, 6.45) is 0. The quantitative estimate of drug-likeness (QED) is 0.653. The van der Waals surface area contributed by atoms with Crippen molar-refractivity contribution in [1.82, 2.24) is 10.6 Å². The van der Waals surface area contributed by atoms with Crippen LogP contribution in [-0.4, -0.2) is 26.2 Å². The van der Waals surface area contributed by atoms with Gasteiger partial charge in [0, 0.05) is 16.2 Å². The third kappa shape index (κ3) is 4.12. The molecule has 1 aliphatic heterocycles. The number of methoxy groups -OCH3 is 2. The number of anilines is 1. The van der Waals surface area contributed by atoms with E-state index in [0.29, 0.717) is 28.5 Å². The SMILES string of the molecule is COc1ccc(NC(=O)C2=C(C)NC(=O)N[C@@H]2c2cccc(Br)c2)c(OC)c1. The lowest BCUT2D eigenvalue weighted by Crippen LogP contribution is -2.46. The minimum Gasteiger partial charge on any atom is -0.497 e. The second kappa shape index (κ2) is 8.35. The van der Waals surface area contributed by atoms with Crippen LogP contribution in [0, 0.1) is 0 Å². The molecule has 7 nitrogen and oxygen atoms in total. The van der Waals surface area contributed by atoms with Crippen LogP contribution in [0.15, 0.2) is 58.2 Å². The molecule has 0 unspecified atom stereocenters. The molecule has 1 aliphatic rings. The summed E-state index contributed by atoms with van der Waals surface area (Å²) in [4.78, 5) is 25.1. The van der Waals surface area contributed by atoms with E-state index in [9.17, 15) is 9.59 Å². The van der Waals surface area contributed by atoms with E-state index in [0.717, 1.165) is 10.0 Å². The van der Waals surface area contributed by atoms with Gasteiger partial charge in [-0.3, -0.25) is 4.79 Å². The highest BCUT2D eigenvalue weighted by Gasteiger charge is 2.31. The third-order valence-electron chi connectivity index (χ3n) is 4.35. The largest absolute Gasteiger partial charge is 0.497 e. The highest BCUT2D eigenvalue weighted by Crippen LogP contribution is 2.32. The number of amides is 3. The molecule has 0 radical (unpaired) electrons. The van der Waals surface area contributed by atoms with Gasteiger partial charge in [-0.15, -0.1) is 0 Å². The Morgan fingerprint density at radius 2 is 1.93 bits per heavy atom. The molecule has 0 aliphatic carbocycles. The highest BCUT2D eigenvalue weighted by molar-refractivity contribution is 9.10. The summed E-state index contributed by atoms with van der Waals surface area (Å²) < 4.78 is 11.4. The molecule has 28 heavy (non-hydrogen) atoms. The molecule has 0 aromatic heterocycles. The predicted molar refractivity (Wildman–Crippen MR) is 109 cm³/mol. The van der Waals surface area contributed by atoms with Crippen LogP contribution < -0.4 is 25.4 Å². The first-order valence-corrected chi connectivity index (χ1v) is 9.29. The molecule has 1 heterocycles. The minimum atomic E-state index is -0.588. The van der Waals surface area contributed by atoms with Crippen LogP contribution >= 0.6 is 15.9 Å². The fourth-order valence-electron chi connectivity index (χ4n) is 3.02. The summed E-state index contributed by atoms with van der Waals surface area (Å²) in [5.41, 5.74) is 2.18. The zero-order chi connectivity index (χ0) is 20.3. The van der Waals surface area contributed by atoms with E-state index in [1.54, 1.807) is 32.2 Å². The Morgan fingerprint density at radius 3 is 2.61 bits per heavy atom. The van der Waals surface area contributed by atoms with Gasteiger partial charge in [0.25, 0.3) is 5.91 Å². The fraction of sp³-hybridized carbons (Fsp3) is 0.200. The number of hydrogen-bond acceptors (Lipinski definition) is 4. The number of allylic oxidation sites excluding steroid dienone is 1. The van der Waals surface area contributed by atoms with Gasteiger partial charge in [0.2, 0.25) is 0 Å². The zero-order valence-electron chi connectivity index (χ0n) is 15.6. The van der Waals surface area contributed by atoms with E-state index < -0.39 is 6.04 Å². The van der Waals surface area contributed by atoms with Crippen molar-refractivity contribution in [2.24, 2.45) is 0 Å². The van der Waals surface area contributed by atoms with Gasteiger partial charge in [-0.1, -0.05) is 28.1 Å². The van der Waals surface area contributed by atoms with Crippen LogP contribution in [0.5, 0.6) is 11.5 Å². The van der Waals surface area contributed by atoms with E-state index in [2.05, 4.69) is 31.9 Å². The van der Waals surface area contributed by atoms with Crippen LogP contribution in [-0.2, 0) is 4.79 Å². The summed E-state index contributed by atoms with van der Waals surface area (Å²) in [6, 6.07) is 11.6. The Labute approximate surface area is 171 Å². The summed E-state index contributed by atoms with van der Waals surface area (Å²) >= 11 is 3.43. The second-order valence-electron chi connectivity index (χ2n) is 6.15. The van der Waals surface area contributed by atoms with Crippen LogP contribution in [0.4, 0.5) is 10.5 Å². The van der Waals surface area contributed by atoms with Gasteiger partial charge < -0.3 is 25.4 Å². The van der Waals surface area contributed by atoms with Crippen LogP contribution in [0.3, 0.4) is 0 Å². The number of hydrogen-bond donors (Lipinski definition) is 3. The van der Waals surface area contributed by atoms with Gasteiger partial charge in [-0.2, -0.15) is 0 Å². The van der Waals surface area contributed by atoms with E-state index >= 15 is 0 Å². The number of benzene rings is 2. The van der Waals surface area contributed by atoms with E-state index in [4.69, 9.17) is 9.47 Å². The number of halogens is 1. The summed E-state index contributed by atoms with van der Waals surface area (Å²) in [7, 11) is 3.07. The van der Waals surface area contributed by atoms with Gasteiger partial charge in [0.15, 0.2) is 0 Å². The summed E-state index contributed by atoms with van der Waals surface area (Å²) in [5, 5.41) is 8.34. The third-order valence-corrected chi connectivity index (χ3v) is 4.85. The maximum Gasteiger partial charge on any atom is 0.319 e. The van der Waals surface area contributed by atoms with Gasteiger partial charge in [-0.05, 0) is 36.8 Å². The van der Waals surface area contributed by atoms with Crippen molar-refractivity contribution in [3.8, 4) is 11.5 Å². The first kappa shape index (κ1) is 19.8. The predicted octanol–water partition coefficient (Wildman–Crippen LogP) is 3.73. The van der Waals surface area contributed by atoms with Crippen LogP contribution in [0.2, 0.25) is 0 Å². The molecule has 2 aromatic carbocycles. The molecular weight excluding hydrogens is 426 g/mol. The second-order valence-corrected chi connectivity index (χ2v) is 7.06. The normalized spacial score (nSPS) is 16.1. The van der Waals surface area contributed by atoms with Crippen molar-refractivity contribution in [2.75, 3.05) is 19.5 Å². The Kier molecular flexibility index (Phi) is 5.89. The summed E-state index contributed by atoms with van der Waals surface area (Å²) in [5.74, 6) is 0.736. The number of carbonyl (C=O) groups excluding carboxylic acids is 2. The molecule has 1 atom stereocenters. The lowest BCUT2D eigenvalue weighted by atomic mass is 9.95. The van der Waals surface area contributed by atoms with Gasteiger partial charge in [-0.25, -0.2) is 4.79 Å². The average molecular weight is 446 g/mol. The summed E-state index contributed by atoms with van der Waals surface area (Å²) in [6.45, 7) is 1.70. The molecule has 146 valence electrons. The van der Waals surface area contributed by atoms with Crippen molar-refractivity contribution < 1.29 is 19.1 Å². The van der Waals surface area contributed by atoms with Gasteiger partial charge in [0.05, 0.1) is 31.5 Å². The van der Waals surface area contributed by atoms with E-state index in [1.165, 1.54) is 7.11 Å². The monoisotopic (exact) mass is 445 g/mol. The number of ether oxygens (including phenoxy) is 2. The number of nitrogens with one attached hydrogen (secondary N) is 3. The first-order valence-electron chi connectivity index (χ1n) is 8.50. The molecule has 3 rings (SSSR count). The first-order chi connectivity index (χ1) is 13.4. The topological polar surface area (TPSA) is 88.7 Å². The maximum atomic E-state index is 13.1. The molecule has 0 fully saturated rings. The van der Waals surface area contributed by atoms with Crippen molar-refractivity contribution in [3.05, 3.63) is 63.8 Å². The smallest absolute Gasteiger partial charge is 0.319 e. The molecule has 0 bridgehead atoms. The zero-order valence-corrected chi connectivity index (χ0v) is 17.2. The Bertz CT molecular complexity index is 958. The van der Waals surface area contributed by atoms with Crippen LogP contribution in [0.1, 0.15) is 18.5 Å². The highest BCUT2D eigenvalue weighted by atomic mass is 79.9. The van der Waals surface area contributed by atoms with E-state index in [1.807, 2.05) is 24.3 Å². The standard InChI is InChI=1S/C20H20BrN3O4/c1-11-17(18(24-20(26)22-11)12-5-4-6-13(21)9-12)19(25)23-15-8-7-14(27-2)10-16(15)28-3/h4-10,18H,1-3H3,(H,23,25)(H2,22,24,26)/t18-/m1/s1. The van der Waals surface area contributed by atoms with Crippen molar-refractivity contribution >= 4 is 33.6 Å². The minimum absolute atomic E-state index is 0.349.